The smallest absolute Gasteiger partial charge is 0.416 e. The van der Waals surface area contributed by atoms with Crippen molar-refractivity contribution in [2.24, 2.45) is 0 Å². The van der Waals surface area contributed by atoms with E-state index < -0.39 is 11.7 Å². The van der Waals surface area contributed by atoms with Gasteiger partial charge in [-0.05, 0) is 23.8 Å². The van der Waals surface area contributed by atoms with E-state index in [1.165, 1.54) is 19.2 Å². The first kappa shape index (κ1) is 12.4. The Kier molecular flexibility index (Phi) is 3.23. The zero-order chi connectivity index (χ0) is 13.2. The molecule has 5 heteroatoms. The van der Waals surface area contributed by atoms with E-state index in [-0.39, 0.29) is 0 Å². The van der Waals surface area contributed by atoms with Crippen LogP contribution in [0.4, 0.5) is 13.2 Å². The van der Waals surface area contributed by atoms with Crippen LogP contribution in [0.1, 0.15) is 5.56 Å². The number of benzene rings is 1. The zero-order valence-electron chi connectivity index (χ0n) is 9.53. The van der Waals surface area contributed by atoms with Crippen molar-refractivity contribution in [2.75, 3.05) is 7.11 Å². The third-order valence-corrected chi connectivity index (χ3v) is 2.49. The van der Waals surface area contributed by atoms with Gasteiger partial charge in [-0.3, -0.25) is 0 Å². The highest BCUT2D eigenvalue weighted by Gasteiger charge is 2.29. The molecule has 0 saturated heterocycles. The first-order chi connectivity index (χ1) is 8.50. The van der Waals surface area contributed by atoms with Crippen molar-refractivity contribution < 1.29 is 17.9 Å². The molecule has 2 aromatic rings. The van der Waals surface area contributed by atoms with E-state index >= 15 is 0 Å². The van der Waals surface area contributed by atoms with E-state index in [2.05, 4.69) is 4.98 Å². The van der Waals surface area contributed by atoms with E-state index in [0.717, 1.165) is 17.7 Å². The quantitative estimate of drug-likeness (QED) is 0.812. The van der Waals surface area contributed by atoms with Crippen LogP contribution in [0, 0.1) is 0 Å². The minimum atomic E-state index is -4.31. The lowest BCUT2D eigenvalue weighted by Crippen LogP contribution is -2.03. The molecular formula is C13H10F3NO. The van der Waals surface area contributed by atoms with Gasteiger partial charge in [0.2, 0.25) is 5.88 Å². The summed E-state index contributed by atoms with van der Waals surface area (Å²) in [6.07, 6.45) is -2.75. The minimum Gasteiger partial charge on any atom is -0.481 e. The molecule has 0 atom stereocenters. The highest BCUT2D eigenvalue weighted by molar-refractivity contribution is 5.63. The number of halogens is 3. The summed E-state index contributed by atoms with van der Waals surface area (Å²) in [5.74, 6) is 0.464. The van der Waals surface area contributed by atoms with Gasteiger partial charge in [-0.1, -0.05) is 12.1 Å². The van der Waals surface area contributed by atoms with E-state index in [4.69, 9.17) is 4.74 Å². The van der Waals surface area contributed by atoms with Gasteiger partial charge in [-0.2, -0.15) is 13.2 Å². The Morgan fingerprint density at radius 2 is 1.56 bits per heavy atom. The van der Waals surface area contributed by atoms with Gasteiger partial charge in [0.25, 0.3) is 0 Å². The van der Waals surface area contributed by atoms with Crippen LogP contribution < -0.4 is 4.74 Å². The van der Waals surface area contributed by atoms with Gasteiger partial charge < -0.3 is 4.74 Å². The van der Waals surface area contributed by atoms with Gasteiger partial charge in [0.1, 0.15) is 0 Å². The molecule has 0 aliphatic carbocycles. The van der Waals surface area contributed by atoms with E-state index in [9.17, 15) is 13.2 Å². The Morgan fingerprint density at radius 3 is 2.00 bits per heavy atom. The largest absolute Gasteiger partial charge is 0.481 e. The van der Waals surface area contributed by atoms with E-state index in [1.807, 2.05) is 0 Å². The molecule has 0 amide bonds. The monoisotopic (exact) mass is 253 g/mol. The predicted octanol–water partition coefficient (Wildman–Crippen LogP) is 3.78. The lowest BCUT2D eigenvalue weighted by Gasteiger charge is -2.07. The van der Waals surface area contributed by atoms with E-state index in [1.54, 1.807) is 18.3 Å². The number of hydrogen-bond donors (Lipinski definition) is 0. The maximum atomic E-state index is 12.4. The molecule has 0 unspecified atom stereocenters. The maximum absolute atomic E-state index is 12.4. The third-order valence-electron chi connectivity index (χ3n) is 2.49. The van der Waals surface area contributed by atoms with Crippen LogP contribution >= 0.6 is 0 Å². The number of alkyl halides is 3. The molecule has 0 spiro atoms. The average molecular weight is 253 g/mol. The van der Waals surface area contributed by atoms with Crippen molar-refractivity contribution >= 4 is 0 Å². The number of pyridine rings is 1. The normalized spacial score (nSPS) is 11.3. The molecule has 2 nitrogen and oxygen atoms in total. The Bertz CT molecular complexity index is 517. The van der Waals surface area contributed by atoms with Crippen molar-refractivity contribution in [2.45, 2.75) is 6.18 Å². The van der Waals surface area contributed by atoms with Crippen LogP contribution in [-0.2, 0) is 6.18 Å². The van der Waals surface area contributed by atoms with Crippen LogP contribution in [0.15, 0.2) is 42.6 Å². The van der Waals surface area contributed by atoms with E-state index in [0.29, 0.717) is 11.4 Å². The fourth-order valence-electron chi connectivity index (χ4n) is 1.52. The molecule has 0 N–H and O–H groups in total. The number of ether oxygens (including phenoxy) is 1. The van der Waals surface area contributed by atoms with Crippen molar-refractivity contribution in [3.63, 3.8) is 0 Å². The highest BCUT2D eigenvalue weighted by Crippen LogP contribution is 2.30. The Hall–Kier alpha value is -2.04. The standard InChI is InChI=1S/C13H10F3NO/c1-18-12-7-4-10(8-17-12)9-2-5-11(6-3-9)13(14,15)16/h2-8H,1H3. The summed E-state index contributed by atoms with van der Waals surface area (Å²) in [6, 6.07) is 8.36. The fourth-order valence-corrected chi connectivity index (χ4v) is 1.52. The average Bonchev–Trinajstić information content (AvgIpc) is 2.38. The number of hydrogen-bond acceptors (Lipinski definition) is 2. The molecule has 1 aromatic carbocycles. The Balaban J connectivity index is 2.28. The lowest BCUT2D eigenvalue weighted by molar-refractivity contribution is -0.137. The number of rotatable bonds is 2. The lowest BCUT2D eigenvalue weighted by atomic mass is 10.1. The molecule has 1 aromatic heterocycles. The van der Waals surface area contributed by atoms with Gasteiger partial charge in [0.05, 0.1) is 12.7 Å². The summed E-state index contributed by atoms with van der Waals surface area (Å²) in [5, 5.41) is 0. The molecule has 0 aliphatic rings. The van der Waals surface area contributed by atoms with Gasteiger partial charge in [0, 0.05) is 17.8 Å². The van der Waals surface area contributed by atoms with Crippen LogP contribution in [0.3, 0.4) is 0 Å². The molecule has 0 bridgehead atoms. The second-order valence-corrected chi connectivity index (χ2v) is 3.66. The highest BCUT2D eigenvalue weighted by atomic mass is 19.4. The fraction of sp³-hybridized carbons (Fsp3) is 0.154. The van der Waals surface area contributed by atoms with Crippen molar-refractivity contribution in [1.29, 1.82) is 0 Å². The molecule has 1 heterocycles. The number of aromatic nitrogens is 1. The minimum absolute atomic E-state index is 0.464. The Morgan fingerprint density at radius 1 is 0.944 bits per heavy atom. The summed E-state index contributed by atoms with van der Waals surface area (Å²) < 4.78 is 42.1. The van der Waals surface area contributed by atoms with Gasteiger partial charge >= 0.3 is 6.18 Å². The maximum Gasteiger partial charge on any atom is 0.416 e. The van der Waals surface area contributed by atoms with Crippen LogP contribution in [0.2, 0.25) is 0 Å². The van der Waals surface area contributed by atoms with Crippen LogP contribution in [0.25, 0.3) is 11.1 Å². The number of nitrogens with zero attached hydrogens (tertiary/aromatic N) is 1. The molecule has 0 saturated carbocycles. The van der Waals surface area contributed by atoms with Crippen LogP contribution in [-0.4, -0.2) is 12.1 Å². The SMILES string of the molecule is COc1ccc(-c2ccc(C(F)(F)F)cc2)cn1. The van der Waals surface area contributed by atoms with Gasteiger partial charge in [0.15, 0.2) is 0 Å². The zero-order valence-corrected chi connectivity index (χ0v) is 9.53. The molecule has 0 aliphatic heterocycles. The van der Waals surface area contributed by atoms with Gasteiger partial charge in [-0.25, -0.2) is 4.98 Å². The first-order valence-corrected chi connectivity index (χ1v) is 5.18. The summed E-state index contributed by atoms with van der Waals surface area (Å²) in [6.45, 7) is 0. The Labute approximate surface area is 102 Å². The van der Waals surface area contributed by atoms with Gasteiger partial charge in [-0.15, -0.1) is 0 Å². The summed E-state index contributed by atoms with van der Waals surface area (Å²) >= 11 is 0. The molecular weight excluding hydrogens is 243 g/mol. The summed E-state index contributed by atoms with van der Waals surface area (Å²) in [7, 11) is 1.50. The summed E-state index contributed by atoms with van der Waals surface area (Å²) in [4.78, 5) is 4.00. The molecule has 94 valence electrons. The van der Waals surface area contributed by atoms with Crippen molar-refractivity contribution in [1.82, 2.24) is 4.98 Å². The topological polar surface area (TPSA) is 22.1 Å². The third kappa shape index (κ3) is 2.61. The molecule has 0 fully saturated rings. The molecule has 0 radical (unpaired) electrons. The van der Waals surface area contributed by atoms with Crippen LogP contribution in [0.5, 0.6) is 5.88 Å². The second-order valence-electron chi connectivity index (χ2n) is 3.66. The summed E-state index contributed by atoms with van der Waals surface area (Å²) in [5.41, 5.74) is 0.760. The number of methoxy groups -OCH3 is 1. The van der Waals surface area contributed by atoms with Crippen molar-refractivity contribution in [3.8, 4) is 17.0 Å². The molecule has 18 heavy (non-hydrogen) atoms. The first-order valence-electron chi connectivity index (χ1n) is 5.18. The second kappa shape index (κ2) is 4.68. The van der Waals surface area contributed by atoms with Crippen molar-refractivity contribution in [3.05, 3.63) is 48.2 Å². The predicted molar refractivity (Wildman–Crippen MR) is 61.2 cm³/mol. The molecule has 2 rings (SSSR count).